The minimum atomic E-state index is 0.00320. The number of aliphatic hydroxyl groups is 1. The van der Waals surface area contributed by atoms with Gasteiger partial charge in [-0.25, -0.2) is 0 Å². The van der Waals surface area contributed by atoms with Gasteiger partial charge in [-0.2, -0.15) is 0 Å². The van der Waals surface area contributed by atoms with Crippen LogP contribution in [-0.4, -0.2) is 24.3 Å². The van der Waals surface area contributed by atoms with Crippen LogP contribution in [0.15, 0.2) is 18.2 Å². The lowest BCUT2D eigenvalue weighted by atomic mass is 10.0. The van der Waals surface area contributed by atoms with E-state index in [9.17, 15) is 0 Å². The minimum Gasteiger partial charge on any atom is -0.396 e. The van der Waals surface area contributed by atoms with Crippen molar-refractivity contribution in [3.63, 3.8) is 0 Å². The molecule has 0 radical (unpaired) electrons. The van der Waals surface area contributed by atoms with Gasteiger partial charge < -0.3 is 16.2 Å². The van der Waals surface area contributed by atoms with Crippen LogP contribution in [0.5, 0.6) is 0 Å². The number of hydrogen-bond acceptors (Lipinski definition) is 3. The molecule has 0 fully saturated rings. The maximum Gasteiger partial charge on any atom is 0.0469 e. The third-order valence-corrected chi connectivity index (χ3v) is 3.42. The van der Waals surface area contributed by atoms with Crippen molar-refractivity contribution >= 4 is 23.2 Å². The first-order valence-corrected chi connectivity index (χ1v) is 6.86. The highest BCUT2D eigenvalue weighted by Gasteiger charge is 2.15. The molecule has 3 nitrogen and oxygen atoms in total. The molecule has 0 saturated carbocycles. The summed E-state index contributed by atoms with van der Waals surface area (Å²) in [6.07, 6.45) is 1.68. The molecule has 0 aromatic heterocycles. The zero-order valence-electron chi connectivity index (χ0n) is 10.5. The molecule has 0 aliphatic heterocycles. The second-order valence-electron chi connectivity index (χ2n) is 4.39. The normalized spacial score (nSPS) is 14.5. The van der Waals surface area contributed by atoms with E-state index < -0.39 is 0 Å². The number of hydrogen-bond donors (Lipinski definition) is 3. The zero-order chi connectivity index (χ0) is 13.5. The fourth-order valence-corrected chi connectivity index (χ4v) is 2.43. The monoisotopic (exact) mass is 290 g/mol. The maximum absolute atomic E-state index is 8.81. The molecule has 18 heavy (non-hydrogen) atoms. The van der Waals surface area contributed by atoms with E-state index in [1.54, 1.807) is 6.07 Å². The summed E-state index contributed by atoms with van der Waals surface area (Å²) in [6, 6.07) is 5.71. The predicted octanol–water partition coefficient (Wildman–Crippen LogP) is 2.74. The predicted molar refractivity (Wildman–Crippen MR) is 77.2 cm³/mol. The molecule has 0 spiro atoms. The van der Waals surface area contributed by atoms with Crippen LogP contribution < -0.4 is 11.1 Å². The Morgan fingerprint density at radius 3 is 2.67 bits per heavy atom. The van der Waals surface area contributed by atoms with Crippen molar-refractivity contribution in [1.82, 2.24) is 5.32 Å². The van der Waals surface area contributed by atoms with Gasteiger partial charge in [0.2, 0.25) is 0 Å². The highest BCUT2D eigenvalue weighted by atomic mass is 35.5. The van der Waals surface area contributed by atoms with E-state index in [2.05, 4.69) is 12.2 Å². The van der Waals surface area contributed by atoms with Crippen molar-refractivity contribution in [2.24, 2.45) is 5.73 Å². The molecular weight excluding hydrogens is 271 g/mol. The lowest BCUT2D eigenvalue weighted by Crippen LogP contribution is -2.35. The average molecular weight is 291 g/mol. The molecule has 0 saturated heterocycles. The van der Waals surface area contributed by atoms with Crippen molar-refractivity contribution in [3.8, 4) is 0 Å². The number of benzene rings is 1. The Morgan fingerprint density at radius 1 is 1.39 bits per heavy atom. The Morgan fingerprint density at radius 2 is 2.11 bits per heavy atom. The molecule has 1 aromatic carbocycles. The van der Waals surface area contributed by atoms with Crippen LogP contribution in [-0.2, 0) is 0 Å². The van der Waals surface area contributed by atoms with E-state index in [1.807, 2.05) is 12.1 Å². The Bertz CT molecular complexity index is 374. The molecular formula is C13H20Cl2N2O. The highest BCUT2D eigenvalue weighted by Crippen LogP contribution is 2.26. The molecule has 2 unspecified atom stereocenters. The summed E-state index contributed by atoms with van der Waals surface area (Å²) in [5.41, 5.74) is 6.74. The van der Waals surface area contributed by atoms with Gasteiger partial charge in [0.1, 0.15) is 0 Å². The summed E-state index contributed by atoms with van der Waals surface area (Å²) < 4.78 is 0. The van der Waals surface area contributed by atoms with E-state index in [1.165, 1.54) is 0 Å². The van der Waals surface area contributed by atoms with Crippen LogP contribution >= 0.6 is 23.2 Å². The molecule has 5 heteroatoms. The molecule has 102 valence electrons. The van der Waals surface area contributed by atoms with Crippen molar-refractivity contribution < 1.29 is 5.11 Å². The Labute approximate surface area is 118 Å². The van der Waals surface area contributed by atoms with Crippen LogP contribution in [0.25, 0.3) is 0 Å². The second kappa shape index (κ2) is 7.97. The number of halogens is 2. The van der Waals surface area contributed by atoms with Gasteiger partial charge in [-0.05, 0) is 37.5 Å². The van der Waals surface area contributed by atoms with Gasteiger partial charge in [-0.15, -0.1) is 0 Å². The average Bonchev–Trinajstić information content (AvgIpc) is 2.34. The summed E-state index contributed by atoms with van der Waals surface area (Å²) in [4.78, 5) is 0. The van der Waals surface area contributed by atoms with Crippen LogP contribution in [0, 0.1) is 0 Å². The van der Waals surface area contributed by atoms with Gasteiger partial charge in [0, 0.05) is 35.3 Å². The topological polar surface area (TPSA) is 58.3 Å². The Balaban J connectivity index is 2.70. The van der Waals surface area contributed by atoms with Gasteiger partial charge >= 0.3 is 0 Å². The Kier molecular flexibility index (Phi) is 6.97. The fraction of sp³-hybridized carbons (Fsp3) is 0.538. The summed E-state index contributed by atoms with van der Waals surface area (Å²) in [6.45, 7) is 2.74. The summed E-state index contributed by atoms with van der Waals surface area (Å²) in [7, 11) is 0. The van der Waals surface area contributed by atoms with E-state index in [0.717, 1.165) is 18.4 Å². The smallest absolute Gasteiger partial charge is 0.0469 e. The second-order valence-corrected chi connectivity index (χ2v) is 5.23. The summed E-state index contributed by atoms with van der Waals surface area (Å²) in [5, 5.41) is 13.5. The molecule has 0 aliphatic rings. The lowest BCUT2D eigenvalue weighted by Gasteiger charge is -2.23. The van der Waals surface area contributed by atoms with Gasteiger partial charge in [0.05, 0.1) is 0 Å². The third-order valence-electron chi connectivity index (χ3n) is 2.85. The summed E-state index contributed by atoms with van der Waals surface area (Å²) >= 11 is 12.0. The van der Waals surface area contributed by atoms with Gasteiger partial charge in [-0.1, -0.05) is 29.3 Å². The first-order chi connectivity index (χ1) is 8.58. The first kappa shape index (κ1) is 15.7. The number of aliphatic hydroxyl groups excluding tert-OH is 1. The third kappa shape index (κ3) is 4.75. The zero-order valence-corrected chi connectivity index (χ0v) is 12.0. The van der Waals surface area contributed by atoms with Crippen molar-refractivity contribution in [3.05, 3.63) is 33.8 Å². The largest absolute Gasteiger partial charge is 0.396 e. The first-order valence-electron chi connectivity index (χ1n) is 6.10. The number of nitrogens with two attached hydrogens (primary N) is 1. The Hall–Kier alpha value is -0.320. The van der Waals surface area contributed by atoms with E-state index in [0.29, 0.717) is 16.6 Å². The van der Waals surface area contributed by atoms with E-state index in [4.69, 9.17) is 34.0 Å². The highest BCUT2D eigenvalue weighted by molar-refractivity contribution is 6.35. The van der Waals surface area contributed by atoms with Crippen LogP contribution in [0.3, 0.4) is 0 Å². The van der Waals surface area contributed by atoms with Crippen molar-refractivity contribution in [2.45, 2.75) is 31.8 Å². The standard InChI is InChI=1S/C13H20Cl2N2O/c1-9(3-2-6-18)17-13(8-16)11-5-4-10(14)7-12(11)15/h4-5,7,9,13,17-18H,2-3,6,8,16H2,1H3. The van der Waals surface area contributed by atoms with E-state index in [-0.39, 0.29) is 18.7 Å². The molecule has 2 atom stereocenters. The quantitative estimate of drug-likeness (QED) is 0.724. The summed E-state index contributed by atoms with van der Waals surface area (Å²) in [5.74, 6) is 0. The molecule has 0 aliphatic carbocycles. The van der Waals surface area contributed by atoms with Crippen LogP contribution in [0.2, 0.25) is 10.0 Å². The molecule has 1 aromatic rings. The van der Waals surface area contributed by atoms with Crippen LogP contribution in [0.4, 0.5) is 0 Å². The molecule has 1 rings (SSSR count). The van der Waals surface area contributed by atoms with E-state index >= 15 is 0 Å². The van der Waals surface area contributed by atoms with Gasteiger partial charge in [0.25, 0.3) is 0 Å². The van der Waals surface area contributed by atoms with Gasteiger partial charge in [-0.3, -0.25) is 0 Å². The number of nitrogens with one attached hydrogen (secondary N) is 1. The molecule has 0 heterocycles. The maximum atomic E-state index is 8.81. The van der Waals surface area contributed by atoms with Crippen molar-refractivity contribution in [2.75, 3.05) is 13.2 Å². The fourth-order valence-electron chi connectivity index (χ4n) is 1.89. The van der Waals surface area contributed by atoms with Gasteiger partial charge in [0.15, 0.2) is 0 Å². The molecule has 0 bridgehead atoms. The molecule has 4 N–H and O–H groups in total. The van der Waals surface area contributed by atoms with Crippen molar-refractivity contribution in [1.29, 1.82) is 0 Å². The number of rotatable bonds is 7. The molecule has 0 amide bonds. The lowest BCUT2D eigenvalue weighted by molar-refractivity contribution is 0.274. The SMILES string of the molecule is CC(CCCO)NC(CN)c1ccc(Cl)cc1Cl. The minimum absolute atomic E-state index is 0.00320. The van der Waals surface area contributed by atoms with Crippen LogP contribution in [0.1, 0.15) is 31.4 Å².